The van der Waals surface area contributed by atoms with Gasteiger partial charge in [-0.1, -0.05) is 66.2 Å². The van der Waals surface area contributed by atoms with E-state index in [9.17, 15) is 9.59 Å². The molecule has 5 heteroatoms. The molecule has 3 aromatic rings. The van der Waals surface area contributed by atoms with E-state index in [0.29, 0.717) is 11.3 Å². The van der Waals surface area contributed by atoms with Gasteiger partial charge in [0.15, 0.2) is 0 Å². The fraction of sp³-hybridized carbons (Fsp3) is 0.130. The molecular weight excluding hydrogens is 374 g/mol. The third-order valence-electron chi connectivity index (χ3n) is 4.31. The molecule has 0 saturated heterocycles. The van der Waals surface area contributed by atoms with Gasteiger partial charge in [-0.05, 0) is 43.2 Å². The fourth-order valence-electron chi connectivity index (χ4n) is 2.77. The number of halogens is 1. The van der Waals surface area contributed by atoms with Gasteiger partial charge in [0.2, 0.25) is 6.10 Å². The highest BCUT2D eigenvalue weighted by Crippen LogP contribution is 2.25. The quantitative estimate of drug-likeness (QED) is 0.583. The lowest BCUT2D eigenvalue weighted by Gasteiger charge is -2.19. The monoisotopic (exact) mass is 393 g/mol. The minimum Gasteiger partial charge on any atom is -0.444 e. The number of ether oxygens (including phenoxy) is 1. The number of carbonyl (C=O) groups excluding carboxylic acids is 2. The first kappa shape index (κ1) is 19.6. The van der Waals surface area contributed by atoms with Gasteiger partial charge in [-0.15, -0.1) is 0 Å². The predicted octanol–water partition coefficient (Wildman–Crippen LogP) is 5.49. The third kappa shape index (κ3) is 4.59. The van der Waals surface area contributed by atoms with Gasteiger partial charge < -0.3 is 10.1 Å². The second-order valence-corrected chi connectivity index (χ2v) is 6.89. The lowest BCUT2D eigenvalue weighted by atomic mass is 10.1. The number of amides is 1. The molecule has 3 aromatic carbocycles. The first-order chi connectivity index (χ1) is 13.5. The van der Waals surface area contributed by atoms with E-state index in [4.69, 9.17) is 16.3 Å². The molecule has 0 unspecified atom stereocenters. The summed E-state index contributed by atoms with van der Waals surface area (Å²) < 4.78 is 5.57. The van der Waals surface area contributed by atoms with Crippen LogP contribution >= 0.6 is 11.6 Å². The van der Waals surface area contributed by atoms with E-state index in [1.165, 1.54) is 0 Å². The van der Waals surface area contributed by atoms with Crippen LogP contribution in [-0.2, 0) is 9.53 Å². The molecule has 0 aromatic heterocycles. The first-order valence-corrected chi connectivity index (χ1v) is 9.22. The second-order valence-electron chi connectivity index (χ2n) is 6.48. The maximum absolute atomic E-state index is 13.0. The first-order valence-electron chi connectivity index (χ1n) is 8.84. The predicted molar refractivity (Wildman–Crippen MR) is 111 cm³/mol. The maximum atomic E-state index is 13.0. The lowest BCUT2D eigenvalue weighted by Crippen LogP contribution is -2.26. The Bertz CT molecular complexity index is 1000. The van der Waals surface area contributed by atoms with Crippen LogP contribution in [0.5, 0.6) is 0 Å². The molecule has 0 saturated carbocycles. The van der Waals surface area contributed by atoms with Crippen LogP contribution in [0.4, 0.5) is 5.69 Å². The Hall–Kier alpha value is -3.11. The normalized spacial score (nSPS) is 11.5. The minimum atomic E-state index is -1.11. The van der Waals surface area contributed by atoms with Crippen LogP contribution in [0.15, 0.2) is 72.8 Å². The Morgan fingerprint density at radius 1 is 0.929 bits per heavy atom. The Kier molecular flexibility index (Phi) is 6.12. The average molecular weight is 394 g/mol. The van der Waals surface area contributed by atoms with Crippen molar-refractivity contribution in [2.24, 2.45) is 0 Å². The summed E-state index contributed by atoms with van der Waals surface area (Å²) in [5.74, 6) is -1.09. The van der Waals surface area contributed by atoms with Gasteiger partial charge in [0.05, 0.1) is 10.6 Å². The molecule has 1 N–H and O–H groups in total. The van der Waals surface area contributed by atoms with E-state index in [0.717, 1.165) is 11.1 Å². The van der Waals surface area contributed by atoms with E-state index in [1.807, 2.05) is 38.1 Å². The van der Waals surface area contributed by atoms with Crippen molar-refractivity contribution in [3.05, 3.63) is 100 Å². The minimum absolute atomic E-state index is 0.213. The number of aryl methyl sites for hydroxylation is 2. The van der Waals surface area contributed by atoms with Crippen molar-refractivity contribution in [2.75, 3.05) is 5.32 Å². The molecular formula is C23H20ClNO3. The molecule has 0 radical (unpaired) electrons. The van der Waals surface area contributed by atoms with E-state index in [1.54, 1.807) is 48.5 Å². The van der Waals surface area contributed by atoms with Crippen LogP contribution in [-0.4, -0.2) is 11.9 Å². The highest BCUT2D eigenvalue weighted by molar-refractivity contribution is 6.33. The number of benzene rings is 3. The van der Waals surface area contributed by atoms with E-state index in [-0.39, 0.29) is 10.6 Å². The van der Waals surface area contributed by atoms with Crippen LogP contribution in [0, 0.1) is 13.8 Å². The van der Waals surface area contributed by atoms with Gasteiger partial charge in [0.1, 0.15) is 0 Å². The molecule has 1 atom stereocenters. The summed E-state index contributed by atoms with van der Waals surface area (Å²) in [5.41, 5.74) is 3.41. The van der Waals surface area contributed by atoms with Crippen molar-refractivity contribution in [1.82, 2.24) is 0 Å². The number of esters is 1. The number of rotatable bonds is 5. The molecule has 0 heterocycles. The smallest absolute Gasteiger partial charge is 0.340 e. The Morgan fingerprint density at radius 2 is 1.61 bits per heavy atom. The van der Waals surface area contributed by atoms with Crippen molar-refractivity contribution < 1.29 is 14.3 Å². The van der Waals surface area contributed by atoms with Crippen LogP contribution in [0.2, 0.25) is 5.02 Å². The Balaban J connectivity index is 1.89. The molecule has 0 spiro atoms. The number of anilines is 1. The van der Waals surface area contributed by atoms with Gasteiger partial charge in [0.25, 0.3) is 5.91 Å². The zero-order chi connectivity index (χ0) is 20.1. The molecule has 1 amide bonds. The zero-order valence-electron chi connectivity index (χ0n) is 15.6. The summed E-state index contributed by atoms with van der Waals surface area (Å²) in [6.45, 7) is 3.85. The summed E-state index contributed by atoms with van der Waals surface area (Å²) in [6, 6.07) is 21.3. The fourth-order valence-corrected chi connectivity index (χ4v) is 2.98. The van der Waals surface area contributed by atoms with Crippen LogP contribution in [0.1, 0.15) is 33.2 Å². The number of hydrogen-bond acceptors (Lipinski definition) is 3. The van der Waals surface area contributed by atoms with Gasteiger partial charge in [-0.25, -0.2) is 4.79 Å². The SMILES string of the molecule is Cc1ccc(C)c(NC(=O)[C@H](OC(=O)c2ccccc2Cl)c2ccccc2)c1. The highest BCUT2D eigenvalue weighted by Gasteiger charge is 2.27. The van der Waals surface area contributed by atoms with Crippen molar-refractivity contribution in [1.29, 1.82) is 0 Å². The van der Waals surface area contributed by atoms with Crippen LogP contribution in [0.3, 0.4) is 0 Å². The standard InChI is InChI=1S/C23H20ClNO3/c1-15-12-13-16(2)20(14-15)25-22(26)21(17-8-4-3-5-9-17)28-23(27)18-10-6-7-11-19(18)24/h3-14,21H,1-2H3,(H,25,26)/t21-/m1/s1. The van der Waals surface area contributed by atoms with Crippen molar-refractivity contribution >= 4 is 29.2 Å². The number of nitrogens with one attached hydrogen (secondary N) is 1. The largest absolute Gasteiger partial charge is 0.444 e. The van der Waals surface area contributed by atoms with Gasteiger partial charge in [-0.2, -0.15) is 0 Å². The third-order valence-corrected chi connectivity index (χ3v) is 4.64. The molecule has 142 valence electrons. The van der Waals surface area contributed by atoms with E-state index >= 15 is 0 Å². The van der Waals surface area contributed by atoms with Crippen LogP contribution in [0.25, 0.3) is 0 Å². The molecule has 0 bridgehead atoms. The Labute approximate surface area is 169 Å². The van der Waals surface area contributed by atoms with Crippen molar-refractivity contribution in [2.45, 2.75) is 20.0 Å². The number of carbonyl (C=O) groups is 2. The van der Waals surface area contributed by atoms with Crippen molar-refractivity contribution in [3.8, 4) is 0 Å². The summed E-state index contributed by atoms with van der Waals surface area (Å²) in [7, 11) is 0. The lowest BCUT2D eigenvalue weighted by molar-refractivity contribution is -0.125. The molecule has 0 fully saturated rings. The molecule has 0 aliphatic rings. The highest BCUT2D eigenvalue weighted by atomic mass is 35.5. The zero-order valence-corrected chi connectivity index (χ0v) is 16.4. The topological polar surface area (TPSA) is 55.4 Å². The Morgan fingerprint density at radius 3 is 2.32 bits per heavy atom. The molecule has 3 rings (SSSR count). The summed E-state index contributed by atoms with van der Waals surface area (Å²) in [6.07, 6.45) is -1.11. The van der Waals surface area contributed by atoms with Gasteiger partial charge >= 0.3 is 5.97 Å². The number of hydrogen-bond donors (Lipinski definition) is 1. The molecule has 0 aliphatic heterocycles. The van der Waals surface area contributed by atoms with E-state index < -0.39 is 18.0 Å². The molecule has 4 nitrogen and oxygen atoms in total. The molecule has 0 aliphatic carbocycles. The summed E-state index contributed by atoms with van der Waals surface area (Å²) >= 11 is 6.09. The summed E-state index contributed by atoms with van der Waals surface area (Å²) in [4.78, 5) is 25.6. The maximum Gasteiger partial charge on any atom is 0.340 e. The van der Waals surface area contributed by atoms with Gasteiger partial charge in [0, 0.05) is 11.3 Å². The van der Waals surface area contributed by atoms with Gasteiger partial charge in [-0.3, -0.25) is 4.79 Å². The molecule has 28 heavy (non-hydrogen) atoms. The summed E-state index contributed by atoms with van der Waals surface area (Å²) in [5, 5.41) is 3.14. The van der Waals surface area contributed by atoms with Crippen molar-refractivity contribution in [3.63, 3.8) is 0 Å². The average Bonchev–Trinajstić information content (AvgIpc) is 2.69. The second kappa shape index (κ2) is 8.72. The van der Waals surface area contributed by atoms with E-state index in [2.05, 4.69) is 5.32 Å². The van der Waals surface area contributed by atoms with Crippen LogP contribution < -0.4 is 5.32 Å².